The highest BCUT2D eigenvalue weighted by molar-refractivity contribution is 6.30. The largest absolute Gasteiger partial charge is 0.480 e. The fourth-order valence-electron chi connectivity index (χ4n) is 2.90. The molecule has 0 spiro atoms. The van der Waals surface area contributed by atoms with Gasteiger partial charge < -0.3 is 10.4 Å². The molecule has 0 saturated carbocycles. The molecule has 7 heteroatoms. The monoisotopic (exact) mass is 333 g/mol. The first-order chi connectivity index (χ1) is 11.0. The maximum Gasteiger partial charge on any atom is 0.326 e. The van der Waals surface area contributed by atoms with Crippen LogP contribution in [0.3, 0.4) is 0 Å². The van der Waals surface area contributed by atoms with E-state index in [1.807, 2.05) is 31.2 Å². The van der Waals surface area contributed by atoms with Crippen LogP contribution >= 0.6 is 11.6 Å². The van der Waals surface area contributed by atoms with E-state index in [4.69, 9.17) is 11.6 Å². The molecule has 6 nitrogen and oxygen atoms in total. The van der Waals surface area contributed by atoms with Crippen LogP contribution < -0.4 is 10.9 Å². The Bertz CT molecular complexity index is 832. The fourth-order valence-corrected chi connectivity index (χ4v) is 3.17. The van der Waals surface area contributed by atoms with Crippen LogP contribution in [0.2, 0.25) is 5.15 Å². The van der Waals surface area contributed by atoms with Crippen LogP contribution in [-0.2, 0) is 17.6 Å². The lowest BCUT2D eigenvalue weighted by Crippen LogP contribution is -2.30. The Hall–Kier alpha value is -2.34. The fraction of sp³-hybridized carbons (Fsp3) is 0.312. The maximum absolute atomic E-state index is 12.6. The van der Waals surface area contributed by atoms with Crippen LogP contribution in [0.5, 0.6) is 0 Å². The lowest BCUT2D eigenvalue weighted by molar-refractivity contribution is -0.140. The molecule has 3 rings (SSSR count). The molecule has 1 aromatic carbocycles. The Kier molecular flexibility index (Phi) is 4.09. The summed E-state index contributed by atoms with van der Waals surface area (Å²) in [4.78, 5) is 28.1. The topological polar surface area (TPSA) is 84.2 Å². The predicted molar refractivity (Wildman–Crippen MR) is 87.6 cm³/mol. The molecule has 120 valence electrons. The molecule has 1 aliphatic heterocycles. The minimum Gasteiger partial charge on any atom is -0.480 e. The summed E-state index contributed by atoms with van der Waals surface area (Å²) in [7, 11) is 0. The number of halogens is 1. The van der Waals surface area contributed by atoms with E-state index < -0.39 is 17.6 Å². The van der Waals surface area contributed by atoms with Gasteiger partial charge in [0.2, 0.25) is 0 Å². The summed E-state index contributed by atoms with van der Waals surface area (Å²) in [6.45, 7) is 2.01. The van der Waals surface area contributed by atoms with Crippen LogP contribution in [0.4, 0.5) is 11.5 Å². The maximum atomic E-state index is 12.6. The number of nitrogens with zero attached hydrogens (tertiary/aromatic N) is 2. The van der Waals surface area contributed by atoms with E-state index in [1.54, 1.807) is 0 Å². The number of aromatic nitrogens is 2. The van der Waals surface area contributed by atoms with Crippen molar-refractivity contribution in [2.45, 2.75) is 32.2 Å². The first kappa shape index (κ1) is 15.6. The van der Waals surface area contributed by atoms with E-state index in [1.165, 1.54) is 4.57 Å². The highest BCUT2D eigenvalue weighted by atomic mass is 35.5. The van der Waals surface area contributed by atoms with E-state index in [-0.39, 0.29) is 11.0 Å². The normalized spacial score (nSPS) is 16.2. The van der Waals surface area contributed by atoms with E-state index in [0.29, 0.717) is 18.5 Å². The molecule has 2 aromatic rings. The second-order valence-electron chi connectivity index (χ2n) is 5.40. The number of hydrogen-bond acceptors (Lipinski definition) is 4. The van der Waals surface area contributed by atoms with Crippen molar-refractivity contribution in [3.05, 3.63) is 51.0 Å². The van der Waals surface area contributed by atoms with Crippen molar-refractivity contribution < 1.29 is 9.90 Å². The number of fused-ring (bicyclic) bond motifs is 1. The number of nitrogens with one attached hydrogen (secondary N) is 1. The van der Waals surface area contributed by atoms with Gasteiger partial charge in [0.25, 0.3) is 5.56 Å². The van der Waals surface area contributed by atoms with Gasteiger partial charge >= 0.3 is 5.97 Å². The zero-order valence-corrected chi connectivity index (χ0v) is 13.3. The minimum atomic E-state index is -1.03. The summed E-state index contributed by atoms with van der Waals surface area (Å²) in [6.07, 6.45) is 1.58. The van der Waals surface area contributed by atoms with E-state index >= 15 is 0 Å². The number of aliphatic carboxylic acids is 1. The Morgan fingerprint density at radius 3 is 2.91 bits per heavy atom. The summed E-state index contributed by atoms with van der Waals surface area (Å²) in [5, 5.41) is 12.5. The van der Waals surface area contributed by atoms with Crippen molar-refractivity contribution in [3.63, 3.8) is 0 Å². The Labute approximate surface area is 137 Å². The molecule has 0 fully saturated rings. The van der Waals surface area contributed by atoms with Gasteiger partial charge in [0.1, 0.15) is 6.04 Å². The molecule has 0 bridgehead atoms. The Morgan fingerprint density at radius 1 is 1.48 bits per heavy atom. The SMILES string of the molecule is CCc1ccccc1Nc1nc(Cl)c2n(c1=O)[C@H](C(=O)O)CC2. The first-order valence-corrected chi connectivity index (χ1v) is 7.79. The molecule has 0 radical (unpaired) electrons. The van der Waals surface area contributed by atoms with Crippen molar-refractivity contribution in [2.75, 3.05) is 5.32 Å². The molecule has 1 aliphatic rings. The molecular formula is C16H16ClN3O3. The number of carbonyl (C=O) groups is 1. The number of aryl methyl sites for hydroxylation is 1. The molecule has 0 saturated heterocycles. The highest BCUT2D eigenvalue weighted by Gasteiger charge is 2.32. The van der Waals surface area contributed by atoms with Crippen LogP contribution in [0.25, 0.3) is 0 Å². The Morgan fingerprint density at radius 2 is 2.22 bits per heavy atom. The zero-order chi connectivity index (χ0) is 16.6. The van der Waals surface area contributed by atoms with Crippen LogP contribution in [0.1, 0.15) is 30.6 Å². The third-order valence-corrected chi connectivity index (χ3v) is 4.37. The predicted octanol–water partition coefficient (Wildman–Crippen LogP) is 2.77. The number of benzene rings is 1. The van der Waals surface area contributed by atoms with Crippen molar-refractivity contribution >= 4 is 29.1 Å². The number of rotatable bonds is 4. The van der Waals surface area contributed by atoms with Gasteiger partial charge in [-0.05, 0) is 30.9 Å². The van der Waals surface area contributed by atoms with Crippen molar-refractivity contribution in [2.24, 2.45) is 0 Å². The molecule has 1 atom stereocenters. The average Bonchev–Trinajstić information content (AvgIpc) is 2.99. The standard InChI is InChI=1S/C16H16ClN3O3/c1-2-9-5-3-4-6-10(9)18-14-15(21)20-11(13(17)19-14)7-8-12(20)16(22)23/h3-6,12H,2,7-8H2,1H3,(H,18,19)(H,22,23)/t12-/m0/s1. The lowest BCUT2D eigenvalue weighted by Gasteiger charge is -2.14. The summed E-state index contributed by atoms with van der Waals surface area (Å²) in [5.74, 6) is -0.985. The first-order valence-electron chi connectivity index (χ1n) is 7.41. The lowest BCUT2D eigenvalue weighted by atomic mass is 10.1. The highest BCUT2D eigenvalue weighted by Crippen LogP contribution is 2.29. The molecule has 0 unspecified atom stereocenters. The van der Waals surface area contributed by atoms with Gasteiger partial charge in [-0.3, -0.25) is 9.36 Å². The Balaban J connectivity index is 2.08. The van der Waals surface area contributed by atoms with Gasteiger partial charge in [-0.1, -0.05) is 36.7 Å². The zero-order valence-electron chi connectivity index (χ0n) is 12.5. The summed E-state index contributed by atoms with van der Waals surface area (Å²) in [5.41, 5.74) is 1.82. The summed E-state index contributed by atoms with van der Waals surface area (Å²) in [6, 6.07) is 6.68. The third-order valence-electron chi connectivity index (χ3n) is 4.06. The van der Waals surface area contributed by atoms with Crippen molar-refractivity contribution in [3.8, 4) is 0 Å². The number of para-hydroxylation sites is 1. The number of hydrogen-bond donors (Lipinski definition) is 2. The molecule has 2 N–H and O–H groups in total. The van der Waals surface area contributed by atoms with Crippen LogP contribution in [0.15, 0.2) is 29.1 Å². The molecule has 2 heterocycles. The van der Waals surface area contributed by atoms with Crippen LogP contribution in [-0.4, -0.2) is 20.6 Å². The van der Waals surface area contributed by atoms with Crippen molar-refractivity contribution in [1.29, 1.82) is 0 Å². The van der Waals surface area contributed by atoms with Crippen molar-refractivity contribution in [1.82, 2.24) is 9.55 Å². The van der Waals surface area contributed by atoms with E-state index in [0.717, 1.165) is 17.7 Å². The third kappa shape index (κ3) is 2.70. The quantitative estimate of drug-likeness (QED) is 0.898. The van der Waals surface area contributed by atoms with E-state index in [9.17, 15) is 14.7 Å². The molecule has 0 amide bonds. The van der Waals surface area contributed by atoms with Gasteiger partial charge in [-0.25, -0.2) is 9.78 Å². The van der Waals surface area contributed by atoms with Gasteiger partial charge in [0, 0.05) is 5.69 Å². The van der Waals surface area contributed by atoms with Gasteiger partial charge in [-0.2, -0.15) is 0 Å². The number of anilines is 2. The van der Waals surface area contributed by atoms with E-state index in [2.05, 4.69) is 10.3 Å². The van der Waals surface area contributed by atoms with Gasteiger partial charge in [-0.15, -0.1) is 0 Å². The molecule has 1 aromatic heterocycles. The second kappa shape index (κ2) is 6.04. The minimum absolute atomic E-state index is 0.0489. The molecule has 0 aliphatic carbocycles. The summed E-state index contributed by atoms with van der Waals surface area (Å²) >= 11 is 6.15. The molecule has 23 heavy (non-hydrogen) atoms. The smallest absolute Gasteiger partial charge is 0.326 e. The number of carboxylic acid groups (broad SMARTS) is 1. The van der Waals surface area contributed by atoms with Gasteiger partial charge in [0.05, 0.1) is 5.69 Å². The van der Waals surface area contributed by atoms with Gasteiger partial charge in [0.15, 0.2) is 11.0 Å². The average molecular weight is 334 g/mol. The molecular weight excluding hydrogens is 318 g/mol. The second-order valence-corrected chi connectivity index (χ2v) is 5.76. The van der Waals surface area contributed by atoms with Crippen LogP contribution in [0, 0.1) is 0 Å². The summed E-state index contributed by atoms with van der Waals surface area (Å²) < 4.78 is 1.24. The number of carboxylic acids is 1.